The van der Waals surface area contributed by atoms with Crippen molar-refractivity contribution in [2.75, 3.05) is 12.8 Å². The molecule has 0 saturated heterocycles. The third kappa shape index (κ3) is 1.86. The Morgan fingerprint density at radius 2 is 2.07 bits per heavy atom. The van der Waals surface area contributed by atoms with Crippen LogP contribution in [0.3, 0.4) is 0 Å². The molecule has 5 heteroatoms. The second-order valence-corrected chi connectivity index (χ2v) is 3.97. The first-order chi connectivity index (χ1) is 6.36. The summed E-state index contributed by atoms with van der Waals surface area (Å²) in [6.07, 6.45) is 0. The molecule has 1 heterocycles. The van der Waals surface area contributed by atoms with Gasteiger partial charge in [-0.3, -0.25) is 0 Å². The summed E-state index contributed by atoms with van der Waals surface area (Å²) in [5.74, 6) is -0.0859. The monoisotopic (exact) mass is 198 g/mol. The molecule has 0 aliphatic heterocycles. The van der Waals surface area contributed by atoms with Gasteiger partial charge in [-0.05, 0) is 0 Å². The molecule has 78 valence electrons. The SMILES string of the molecule is COC(=O)c1nc(N)oc1C(C)(C)C. The van der Waals surface area contributed by atoms with E-state index in [1.807, 2.05) is 20.8 Å². The minimum atomic E-state index is -0.532. The van der Waals surface area contributed by atoms with Gasteiger partial charge < -0.3 is 14.9 Å². The number of oxazole rings is 1. The van der Waals surface area contributed by atoms with Crippen molar-refractivity contribution in [1.82, 2.24) is 4.98 Å². The van der Waals surface area contributed by atoms with Gasteiger partial charge in [-0.2, -0.15) is 4.98 Å². The van der Waals surface area contributed by atoms with Crippen molar-refractivity contribution < 1.29 is 13.9 Å². The highest BCUT2D eigenvalue weighted by Gasteiger charge is 2.29. The van der Waals surface area contributed by atoms with E-state index in [-0.39, 0.29) is 17.1 Å². The number of methoxy groups -OCH3 is 1. The highest BCUT2D eigenvalue weighted by atomic mass is 16.5. The topological polar surface area (TPSA) is 78.3 Å². The second-order valence-electron chi connectivity index (χ2n) is 3.97. The minimum absolute atomic E-state index is 0.0182. The van der Waals surface area contributed by atoms with Crippen LogP contribution >= 0.6 is 0 Å². The van der Waals surface area contributed by atoms with Crippen LogP contribution in [0.1, 0.15) is 37.0 Å². The van der Waals surface area contributed by atoms with Crippen LogP contribution < -0.4 is 5.73 Å². The van der Waals surface area contributed by atoms with Crippen LogP contribution in [0.2, 0.25) is 0 Å². The van der Waals surface area contributed by atoms with Crippen LogP contribution in [0.15, 0.2) is 4.42 Å². The highest BCUT2D eigenvalue weighted by molar-refractivity contribution is 5.88. The van der Waals surface area contributed by atoms with Crippen LogP contribution in [0, 0.1) is 0 Å². The zero-order chi connectivity index (χ0) is 10.9. The van der Waals surface area contributed by atoms with Crippen molar-refractivity contribution in [2.45, 2.75) is 26.2 Å². The molecule has 14 heavy (non-hydrogen) atoms. The largest absolute Gasteiger partial charge is 0.464 e. The van der Waals surface area contributed by atoms with Gasteiger partial charge in [0.05, 0.1) is 7.11 Å². The summed E-state index contributed by atoms with van der Waals surface area (Å²) >= 11 is 0. The Morgan fingerprint density at radius 3 is 2.50 bits per heavy atom. The summed E-state index contributed by atoms with van der Waals surface area (Å²) < 4.78 is 9.74. The lowest BCUT2D eigenvalue weighted by Crippen LogP contribution is -2.16. The summed E-state index contributed by atoms with van der Waals surface area (Å²) in [5.41, 5.74) is 5.21. The maximum Gasteiger partial charge on any atom is 0.360 e. The Labute approximate surface area is 82.2 Å². The zero-order valence-electron chi connectivity index (χ0n) is 8.75. The molecule has 0 aliphatic carbocycles. The van der Waals surface area contributed by atoms with Gasteiger partial charge in [0.1, 0.15) is 5.76 Å². The Balaban J connectivity index is 3.23. The van der Waals surface area contributed by atoms with Crippen molar-refractivity contribution in [2.24, 2.45) is 0 Å². The number of carbonyl (C=O) groups is 1. The molecule has 2 N–H and O–H groups in total. The number of hydrogen-bond donors (Lipinski definition) is 1. The number of nitrogens with two attached hydrogens (primary N) is 1. The summed E-state index contributed by atoms with van der Waals surface area (Å²) in [4.78, 5) is 15.1. The zero-order valence-corrected chi connectivity index (χ0v) is 8.75. The van der Waals surface area contributed by atoms with E-state index in [1.54, 1.807) is 0 Å². The molecule has 1 aromatic rings. The van der Waals surface area contributed by atoms with Gasteiger partial charge in [0.25, 0.3) is 6.01 Å². The maximum atomic E-state index is 11.3. The van der Waals surface area contributed by atoms with Crippen molar-refractivity contribution in [1.29, 1.82) is 0 Å². The quantitative estimate of drug-likeness (QED) is 0.689. The van der Waals surface area contributed by atoms with Crippen LogP contribution in [-0.2, 0) is 10.2 Å². The maximum absolute atomic E-state index is 11.3. The smallest absolute Gasteiger partial charge is 0.360 e. The minimum Gasteiger partial charge on any atom is -0.464 e. The van der Waals surface area contributed by atoms with Gasteiger partial charge in [-0.25, -0.2) is 4.79 Å². The van der Waals surface area contributed by atoms with Gasteiger partial charge in [0.15, 0.2) is 5.69 Å². The fourth-order valence-corrected chi connectivity index (χ4v) is 1.08. The Hall–Kier alpha value is -1.52. The van der Waals surface area contributed by atoms with Gasteiger partial charge in [0.2, 0.25) is 0 Å². The fraction of sp³-hybridized carbons (Fsp3) is 0.556. The normalized spacial score (nSPS) is 11.4. The lowest BCUT2D eigenvalue weighted by atomic mass is 9.92. The summed E-state index contributed by atoms with van der Waals surface area (Å²) in [6.45, 7) is 5.71. The van der Waals surface area contributed by atoms with Gasteiger partial charge in [-0.15, -0.1) is 0 Å². The number of ether oxygens (including phenoxy) is 1. The molecule has 0 radical (unpaired) electrons. The van der Waals surface area contributed by atoms with E-state index < -0.39 is 5.97 Å². The number of rotatable bonds is 1. The summed E-state index contributed by atoms with van der Waals surface area (Å²) in [5, 5.41) is 0. The predicted octanol–water partition coefficient (Wildman–Crippen LogP) is 1.34. The lowest BCUT2D eigenvalue weighted by molar-refractivity contribution is 0.0590. The number of nitrogens with zero attached hydrogens (tertiary/aromatic N) is 1. The molecule has 0 unspecified atom stereocenters. The van der Waals surface area contributed by atoms with E-state index in [0.717, 1.165) is 0 Å². The van der Waals surface area contributed by atoms with Crippen molar-refractivity contribution in [3.63, 3.8) is 0 Å². The number of aromatic nitrogens is 1. The first-order valence-corrected chi connectivity index (χ1v) is 4.21. The molecule has 0 bridgehead atoms. The van der Waals surface area contributed by atoms with E-state index in [9.17, 15) is 4.79 Å². The number of hydrogen-bond acceptors (Lipinski definition) is 5. The third-order valence-electron chi connectivity index (χ3n) is 1.70. The van der Waals surface area contributed by atoms with Crippen molar-refractivity contribution in [3.05, 3.63) is 11.5 Å². The number of anilines is 1. The van der Waals surface area contributed by atoms with E-state index >= 15 is 0 Å². The van der Waals surface area contributed by atoms with Gasteiger partial charge in [-0.1, -0.05) is 20.8 Å². The number of nitrogen functional groups attached to an aromatic ring is 1. The van der Waals surface area contributed by atoms with Crippen LogP contribution in [0.25, 0.3) is 0 Å². The lowest BCUT2D eigenvalue weighted by Gasteiger charge is -2.14. The summed E-state index contributed by atoms with van der Waals surface area (Å²) in [6, 6.07) is -0.0182. The Morgan fingerprint density at radius 1 is 1.50 bits per heavy atom. The molecule has 0 spiro atoms. The molecule has 1 rings (SSSR count). The first-order valence-electron chi connectivity index (χ1n) is 4.21. The van der Waals surface area contributed by atoms with Crippen molar-refractivity contribution in [3.8, 4) is 0 Å². The molecule has 0 amide bonds. The van der Waals surface area contributed by atoms with E-state index in [0.29, 0.717) is 5.76 Å². The van der Waals surface area contributed by atoms with E-state index in [2.05, 4.69) is 9.72 Å². The third-order valence-corrected chi connectivity index (χ3v) is 1.70. The number of carbonyl (C=O) groups excluding carboxylic acids is 1. The molecule has 0 aliphatic rings. The van der Waals surface area contributed by atoms with E-state index in [1.165, 1.54) is 7.11 Å². The Kier molecular flexibility index (Phi) is 2.51. The predicted molar refractivity (Wildman–Crippen MR) is 51.0 cm³/mol. The molecule has 0 saturated carbocycles. The molecule has 0 fully saturated rings. The molecular weight excluding hydrogens is 184 g/mol. The highest BCUT2D eigenvalue weighted by Crippen LogP contribution is 2.27. The average Bonchev–Trinajstić information content (AvgIpc) is 2.45. The van der Waals surface area contributed by atoms with Gasteiger partial charge in [0, 0.05) is 5.41 Å². The van der Waals surface area contributed by atoms with Gasteiger partial charge >= 0.3 is 5.97 Å². The average molecular weight is 198 g/mol. The first kappa shape index (κ1) is 10.6. The van der Waals surface area contributed by atoms with Crippen molar-refractivity contribution >= 4 is 12.0 Å². The Bertz CT molecular complexity index is 349. The van der Waals surface area contributed by atoms with E-state index in [4.69, 9.17) is 10.2 Å². The summed E-state index contributed by atoms with van der Waals surface area (Å²) in [7, 11) is 1.29. The van der Waals surface area contributed by atoms with Crippen LogP contribution in [0.4, 0.5) is 6.01 Å². The standard InChI is InChI=1S/C9H14N2O3/c1-9(2,3)6-5(7(12)13-4)11-8(10)14-6/h1-4H3,(H2,10,11). The molecule has 5 nitrogen and oxygen atoms in total. The van der Waals surface area contributed by atoms with Crippen LogP contribution in [0.5, 0.6) is 0 Å². The molecule has 0 atom stereocenters. The fourth-order valence-electron chi connectivity index (χ4n) is 1.08. The molecule has 0 aromatic carbocycles. The number of esters is 1. The molecular formula is C9H14N2O3. The van der Waals surface area contributed by atoms with Crippen LogP contribution in [-0.4, -0.2) is 18.1 Å². The second kappa shape index (κ2) is 3.32. The molecule has 1 aromatic heterocycles.